The fourth-order valence-corrected chi connectivity index (χ4v) is 1.69. The van der Waals surface area contributed by atoms with Crippen LogP contribution in [0.3, 0.4) is 0 Å². The normalized spacial score (nSPS) is 13.1. The van der Waals surface area contributed by atoms with E-state index in [0.717, 1.165) is 5.56 Å². The Labute approximate surface area is 95.5 Å². The minimum Gasteiger partial charge on any atom is -0.396 e. The van der Waals surface area contributed by atoms with Crippen molar-refractivity contribution in [1.82, 2.24) is 10.3 Å². The van der Waals surface area contributed by atoms with E-state index in [-0.39, 0.29) is 12.6 Å². The van der Waals surface area contributed by atoms with Crippen LogP contribution in [-0.4, -0.2) is 22.7 Å². The van der Waals surface area contributed by atoms with Crippen LogP contribution in [0.4, 0.5) is 0 Å². The lowest BCUT2D eigenvalue weighted by molar-refractivity contribution is 0.261. The number of aromatic nitrogens is 1. The minimum absolute atomic E-state index is 0.135. The molecule has 15 heavy (non-hydrogen) atoms. The van der Waals surface area contributed by atoms with Crippen molar-refractivity contribution in [2.24, 2.45) is 0 Å². The van der Waals surface area contributed by atoms with Gasteiger partial charge < -0.3 is 10.4 Å². The smallest absolute Gasteiger partial charge is 0.129 e. The molecule has 0 saturated heterocycles. The largest absolute Gasteiger partial charge is 0.396 e. The zero-order valence-corrected chi connectivity index (χ0v) is 9.83. The first-order chi connectivity index (χ1) is 7.13. The third-order valence-corrected chi connectivity index (χ3v) is 2.31. The molecule has 0 radical (unpaired) electrons. The lowest BCUT2D eigenvalue weighted by Gasteiger charge is -2.20. The molecule has 1 rings (SSSR count). The van der Waals surface area contributed by atoms with E-state index in [4.69, 9.17) is 16.7 Å². The van der Waals surface area contributed by atoms with Crippen molar-refractivity contribution in [3.8, 4) is 0 Å². The molecule has 0 spiro atoms. The summed E-state index contributed by atoms with van der Waals surface area (Å²) in [5.74, 6) is 0. The van der Waals surface area contributed by atoms with Crippen LogP contribution in [0.2, 0.25) is 5.15 Å². The summed E-state index contributed by atoms with van der Waals surface area (Å²) in [7, 11) is 0. The number of aliphatic hydroxyl groups is 1. The summed E-state index contributed by atoms with van der Waals surface area (Å²) in [6.45, 7) is 4.31. The second-order valence-corrected chi connectivity index (χ2v) is 4.19. The monoisotopic (exact) mass is 228 g/mol. The summed E-state index contributed by atoms with van der Waals surface area (Å²) in [4.78, 5) is 3.94. The first-order valence-electron chi connectivity index (χ1n) is 5.12. The van der Waals surface area contributed by atoms with E-state index in [9.17, 15) is 0 Å². The summed E-state index contributed by atoms with van der Waals surface area (Å²) < 4.78 is 0. The Bertz CT molecular complexity index is 304. The molecule has 4 heteroatoms. The zero-order valence-electron chi connectivity index (χ0n) is 9.07. The van der Waals surface area contributed by atoms with Crippen LogP contribution in [0.15, 0.2) is 18.3 Å². The molecule has 1 unspecified atom stereocenters. The number of aliphatic hydroxyl groups excluding tert-OH is 1. The standard InChI is InChI=1S/C11H17ClN2O/c1-8(2)14-10(4-6-15)9-3-5-13-11(12)7-9/h3,5,7-8,10,14-15H,4,6H2,1-2H3. The highest BCUT2D eigenvalue weighted by Gasteiger charge is 2.12. The molecule has 0 aliphatic heterocycles. The molecule has 0 bridgehead atoms. The van der Waals surface area contributed by atoms with Crippen molar-refractivity contribution in [2.75, 3.05) is 6.61 Å². The Morgan fingerprint density at radius 1 is 1.53 bits per heavy atom. The minimum atomic E-state index is 0.135. The van der Waals surface area contributed by atoms with Crippen molar-refractivity contribution in [1.29, 1.82) is 0 Å². The lowest BCUT2D eigenvalue weighted by atomic mass is 10.0. The van der Waals surface area contributed by atoms with Crippen LogP contribution >= 0.6 is 11.6 Å². The Kier molecular flexibility index (Phi) is 5.02. The molecule has 1 atom stereocenters. The Morgan fingerprint density at radius 3 is 2.80 bits per heavy atom. The van der Waals surface area contributed by atoms with Gasteiger partial charge in [-0.25, -0.2) is 4.98 Å². The molecule has 0 fully saturated rings. The average molecular weight is 229 g/mol. The van der Waals surface area contributed by atoms with Gasteiger partial charge in [-0.3, -0.25) is 0 Å². The van der Waals surface area contributed by atoms with E-state index in [2.05, 4.69) is 24.1 Å². The van der Waals surface area contributed by atoms with Gasteiger partial charge in [-0.05, 0) is 24.1 Å². The third-order valence-electron chi connectivity index (χ3n) is 2.11. The van der Waals surface area contributed by atoms with E-state index in [1.165, 1.54) is 0 Å². The molecule has 0 aromatic carbocycles. The molecule has 84 valence electrons. The first kappa shape index (κ1) is 12.4. The van der Waals surface area contributed by atoms with Crippen molar-refractivity contribution < 1.29 is 5.11 Å². The number of pyridine rings is 1. The summed E-state index contributed by atoms with van der Waals surface area (Å²) in [5.41, 5.74) is 1.07. The molecule has 1 heterocycles. The number of hydrogen-bond donors (Lipinski definition) is 2. The van der Waals surface area contributed by atoms with Crippen molar-refractivity contribution in [3.05, 3.63) is 29.0 Å². The number of hydrogen-bond acceptors (Lipinski definition) is 3. The van der Waals surface area contributed by atoms with Gasteiger partial charge in [0.25, 0.3) is 0 Å². The molecular weight excluding hydrogens is 212 g/mol. The molecular formula is C11H17ClN2O. The number of nitrogens with zero attached hydrogens (tertiary/aromatic N) is 1. The summed E-state index contributed by atoms with van der Waals surface area (Å²) >= 11 is 5.82. The topological polar surface area (TPSA) is 45.1 Å². The third kappa shape index (κ3) is 4.16. The van der Waals surface area contributed by atoms with Gasteiger partial charge in [-0.2, -0.15) is 0 Å². The maximum absolute atomic E-state index is 8.99. The van der Waals surface area contributed by atoms with E-state index >= 15 is 0 Å². The predicted molar refractivity (Wildman–Crippen MR) is 62.0 cm³/mol. The maximum Gasteiger partial charge on any atom is 0.129 e. The number of halogens is 1. The zero-order chi connectivity index (χ0) is 11.3. The van der Waals surface area contributed by atoms with Crippen molar-refractivity contribution >= 4 is 11.6 Å². The van der Waals surface area contributed by atoms with Crippen molar-refractivity contribution in [3.63, 3.8) is 0 Å². The highest BCUT2D eigenvalue weighted by Crippen LogP contribution is 2.19. The van der Waals surface area contributed by atoms with Gasteiger partial charge in [-0.15, -0.1) is 0 Å². The molecule has 1 aromatic rings. The molecule has 0 aliphatic carbocycles. The van der Waals surface area contributed by atoms with E-state index in [0.29, 0.717) is 17.6 Å². The lowest BCUT2D eigenvalue weighted by Crippen LogP contribution is -2.28. The van der Waals surface area contributed by atoms with Crippen LogP contribution < -0.4 is 5.32 Å². The van der Waals surface area contributed by atoms with E-state index in [1.807, 2.05) is 12.1 Å². The fraction of sp³-hybridized carbons (Fsp3) is 0.545. The summed E-state index contributed by atoms with van der Waals surface area (Å²) in [6, 6.07) is 4.25. The molecule has 0 saturated carbocycles. The Hall–Kier alpha value is -0.640. The number of nitrogens with one attached hydrogen (secondary N) is 1. The Morgan fingerprint density at radius 2 is 2.27 bits per heavy atom. The quantitative estimate of drug-likeness (QED) is 0.760. The summed E-state index contributed by atoms with van der Waals surface area (Å²) in [5, 5.41) is 12.9. The fourth-order valence-electron chi connectivity index (χ4n) is 1.51. The SMILES string of the molecule is CC(C)NC(CCO)c1ccnc(Cl)c1. The predicted octanol–water partition coefficient (Wildman–Crippen LogP) is 2.16. The number of rotatable bonds is 5. The molecule has 0 aliphatic rings. The van der Waals surface area contributed by atoms with Crippen LogP contribution in [0.25, 0.3) is 0 Å². The average Bonchev–Trinajstić information content (AvgIpc) is 2.16. The van der Waals surface area contributed by atoms with E-state index in [1.54, 1.807) is 6.20 Å². The van der Waals surface area contributed by atoms with E-state index < -0.39 is 0 Å². The van der Waals surface area contributed by atoms with Gasteiger partial charge in [0.05, 0.1) is 0 Å². The second-order valence-electron chi connectivity index (χ2n) is 3.80. The van der Waals surface area contributed by atoms with Gasteiger partial charge in [-0.1, -0.05) is 25.4 Å². The Balaban J connectivity index is 2.78. The highest BCUT2D eigenvalue weighted by atomic mass is 35.5. The molecule has 2 N–H and O–H groups in total. The molecule has 1 aromatic heterocycles. The van der Waals surface area contributed by atoms with Gasteiger partial charge in [0.15, 0.2) is 0 Å². The van der Waals surface area contributed by atoms with Gasteiger partial charge in [0.1, 0.15) is 5.15 Å². The van der Waals surface area contributed by atoms with Crippen LogP contribution in [-0.2, 0) is 0 Å². The van der Waals surface area contributed by atoms with Crippen molar-refractivity contribution in [2.45, 2.75) is 32.4 Å². The summed E-state index contributed by atoms with van der Waals surface area (Å²) in [6.07, 6.45) is 2.36. The van der Waals surface area contributed by atoms with Gasteiger partial charge in [0.2, 0.25) is 0 Å². The van der Waals surface area contributed by atoms with Crippen LogP contribution in [0.5, 0.6) is 0 Å². The van der Waals surface area contributed by atoms with Gasteiger partial charge in [0, 0.05) is 24.9 Å². The first-order valence-corrected chi connectivity index (χ1v) is 5.49. The maximum atomic E-state index is 8.99. The van der Waals surface area contributed by atoms with Crippen LogP contribution in [0, 0.1) is 0 Å². The molecule has 0 amide bonds. The van der Waals surface area contributed by atoms with Gasteiger partial charge >= 0.3 is 0 Å². The van der Waals surface area contributed by atoms with Crippen LogP contribution in [0.1, 0.15) is 31.9 Å². The molecule has 3 nitrogen and oxygen atoms in total. The second kappa shape index (κ2) is 6.05. The highest BCUT2D eigenvalue weighted by molar-refractivity contribution is 6.29.